The molecule has 0 bridgehead atoms. The molecule has 4 heteroatoms. The number of ether oxygens (including phenoxy) is 1. The average Bonchev–Trinajstić information content (AvgIpc) is 2.59. The highest BCUT2D eigenvalue weighted by Gasteiger charge is 2.09. The quantitative estimate of drug-likeness (QED) is 0.453. The van der Waals surface area contributed by atoms with Crippen LogP contribution in [0.4, 0.5) is 0 Å². The van der Waals surface area contributed by atoms with E-state index >= 15 is 0 Å². The van der Waals surface area contributed by atoms with Crippen LogP contribution < -0.4 is 10.4 Å². The molecule has 0 aliphatic heterocycles. The molecule has 4 aromatic rings. The number of benzene rings is 3. The third-order valence-corrected chi connectivity index (χ3v) is 3.92. The molecular formula is C20H14O4. The van der Waals surface area contributed by atoms with Crippen molar-refractivity contribution in [2.75, 3.05) is 0 Å². The van der Waals surface area contributed by atoms with Gasteiger partial charge in [-0.05, 0) is 29.1 Å². The highest BCUT2D eigenvalue weighted by Crippen LogP contribution is 2.32. The summed E-state index contributed by atoms with van der Waals surface area (Å²) in [6.45, 7) is 0.446. The first kappa shape index (κ1) is 14.3. The highest BCUT2D eigenvalue weighted by molar-refractivity contribution is 6.00. The average molecular weight is 318 g/mol. The summed E-state index contributed by atoms with van der Waals surface area (Å²) in [5.41, 5.74) is 0.824. The second-order valence-corrected chi connectivity index (χ2v) is 5.55. The maximum absolute atomic E-state index is 11.5. The van der Waals surface area contributed by atoms with E-state index in [1.807, 2.05) is 48.5 Å². The second kappa shape index (κ2) is 5.74. The van der Waals surface area contributed by atoms with Gasteiger partial charge in [0.25, 0.3) is 0 Å². The topological polar surface area (TPSA) is 59.7 Å². The minimum Gasteiger partial charge on any atom is -0.507 e. The molecule has 4 rings (SSSR count). The predicted molar refractivity (Wildman–Crippen MR) is 92.4 cm³/mol. The third-order valence-electron chi connectivity index (χ3n) is 3.92. The highest BCUT2D eigenvalue weighted by atomic mass is 16.5. The minimum atomic E-state index is -0.581. The largest absolute Gasteiger partial charge is 0.507 e. The van der Waals surface area contributed by atoms with Crippen LogP contribution >= 0.6 is 0 Å². The molecular weight excluding hydrogens is 304 g/mol. The fourth-order valence-electron chi connectivity index (χ4n) is 2.75. The van der Waals surface area contributed by atoms with Gasteiger partial charge in [0.2, 0.25) is 0 Å². The lowest BCUT2D eigenvalue weighted by Gasteiger charge is -2.10. The molecule has 3 aromatic carbocycles. The van der Waals surface area contributed by atoms with Crippen molar-refractivity contribution >= 4 is 21.7 Å². The van der Waals surface area contributed by atoms with Crippen LogP contribution in [0.3, 0.4) is 0 Å². The molecule has 1 heterocycles. The molecule has 0 saturated heterocycles. The van der Waals surface area contributed by atoms with Crippen LogP contribution in [-0.2, 0) is 6.61 Å². The van der Waals surface area contributed by atoms with Crippen LogP contribution in [0.5, 0.6) is 11.5 Å². The Bertz CT molecular complexity index is 1080. The molecule has 0 radical (unpaired) electrons. The van der Waals surface area contributed by atoms with Gasteiger partial charge in [-0.3, -0.25) is 0 Å². The Kier molecular flexibility index (Phi) is 3.43. The van der Waals surface area contributed by atoms with Gasteiger partial charge in [0.1, 0.15) is 23.7 Å². The van der Waals surface area contributed by atoms with E-state index in [4.69, 9.17) is 9.15 Å². The van der Waals surface area contributed by atoms with E-state index in [9.17, 15) is 9.90 Å². The Morgan fingerprint density at radius 2 is 1.75 bits per heavy atom. The van der Waals surface area contributed by atoms with Crippen molar-refractivity contribution in [3.63, 3.8) is 0 Å². The zero-order chi connectivity index (χ0) is 16.5. The van der Waals surface area contributed by atoms with E-state index in [2.05, 4.69) is 0 Å². The van der Waals surface area contributed by atoms with Crippen LogP contribution in [0.25, 0.3) is 21.7 Å². The maximum atomic E-state index is 11.5. The maximum Gasteiger partial charge on any atom is 0.339 e. The molecule has 4 nitrogen and oxygen atoms in total. The van der Waals surface area contributed by atoms with Crippen LogP contribution in [0.15, 0.2) is 75.9 Å². The molecule has 0 unspecified atom stereocenters. The molecule has 1 aromatic heterocycles. The Morgan fingerprint density at radius 1 is 0.917 bits per heavy atom. The smallest absolute Gasteiger partial charge is 0.339 e. The fraction of sp³-hybridized carbons (Fsp3) is 0.0500. The fourth-order valence-corrected chi connectivity index (χ4v) is 2.75. The first-order chi connectivity index (χ1) is 11.7. The van der Waals surface area contributed by atoms with Crippen molar-refractivity contribution < 1.29 is 14.3 Å². The Labute approximate surface area is 137 Å². The van der Waals surface area contributed by atoms with Crippen LogP contribution in [0.1, 0.15) is 5.56 Å². The Balaban J connectivity index is 1.81. The predicted octanol–water partition coefficient (Wildman–Crippen LogP) is 4.23. The molecule has 1 N–H and O–H groups in total. The zero-order valence-corrected chi connectivity index (χ0v) is 12.7. The third kappa shape index (κ3) is 2.58. The van der Waals surface area contributed by atoms with Crippen molar-refractivity contribution in [1.82, 2.24) is 0 Å². The lowest BCUT2D eigenvalue weighted by Crippen LogP contribution is -1.97. The van der Waals surface area contributed by atoms with E-state index in [-0.39, 0.29) is 5.75 Å². The van der Waals surface area contributed by atoms with Gasteiger partial charge in [0.05, 0.1) is 11.5 Å². The van der Waals surface area contributed by atoms with Gasteiger partial charge >= 0.3 is 5.63 Å². The molecule has 24 heavy (non-hydrogen) atoms. The van der Waals surface area contributed by atoms with E-state index in [0.29, 0.717) is 23.3 Å². The van der Waals surface area contributed by atoms with Gasteiger partial charge in [-0.25, -0.2) is 4.79 Å². The first-order valence-electron chi connectivity index (χ1n) is 7.57. The second-order valence-electron chi connectivity index (χ2n) is 5.55. The number of fused-ring (bicyclic) bond motifs is 2. The van der Waals surface area contributed by atoms with Gasteiger partial charge in [0.15, 0.2) is 0 Å². The minimum absolute atomic E-state index is 0.0845. The summed E-state index contributed by atoms with van der Waals surface area (Å²) in [5.74, 6) is 0.614. The van der Waals surface area contributed by atoms with E-state index in [1.165, 1.54) is 0 Å². The van der Waals surface area contributed by atoms with Gasteiger partial charge in [-0.1, -0.05) is 42.5 Å². The van der Waals surface area contributed by atoms with Gasteiger partial charge < -0.3 is 14.3 Å². The first-order valence-corrected chi connectivity index (χ1v) is 7.57. The molecule has 118 valence electrons. The van der Waals surface area contributed by atoms with Crippen molar-refractivity contribution in [3.8, 4) is 11.5 Å². The lowest BCUT2D eigenvalue weighted by molar-refractivity contribution is 0.310. The molecule has 0 saturated carbocycles. The van der Waals surface area contributed by atoms with E-state index in [1.54, 1.807) is 12.1 Å². The molecule has 0 aliphatic rings. The summed E-state index contributed by atoms with van der Waals surface area (Å²) < 4.78 is 11.1. The number of aromatic hydroxyl groups is 1. The van der Waals surface area contributed by atoms with Crippen molar-refractivity contribution in [1.29, 1.82) is 0 Å². The van der Waals surface area contributed by atoms with Crippen LogP contribution in [0.2, 0.25) is 0 Å². The standard InChI is InChI=1S/C20H14O4/c21-17-11-20(22)24-19-10-15-14(9-16(17)19)7-4-8-18(15)23-12-13-5-2-1-3-6-13/h1-11,21H,12H2. The Morgan fingerprint density at radius 3 is 2.58 bits per heavy atom. The van der Waals surface area contributed by atoms with Gasteiger partial charge in [-0.15, -0.1) is 0 Å². The lowest BCUT2D eigenvalue weighted by atomic mass is 10.1. The van der Waals surface area contributed by atoms with Crippen LogP contribution in [0, 0.1) is 0 Å². The number of hydrogen-bond donors (Lipinski definition) is 1. The summed E-state index contributed by atoms with van der Waals surface area (Å²) in [7, 11) is 0. The summed E-state index contributed by atoms with van der Waals surface area (Å²) >= 11 is 0. The molecule has 0 atom stereocenters. The normalized spacial score (nSPS) is 11.0. The molecule has 0 amide bonds. The summed E-state index contributed by atoms with van der Waals surface area (Å²) in [4.78, 5) is 11.5. The van der Waals surface area contributed by atoms with Crippen molar-refractivity contribution in [2.45, 2.75) is 6.61 Å². The zero-order valence-electron chi connectivity index (χ0n) is 12.7. The molecule has 0 aliphatic carbocycles. The van der Waals surface area contributed by atoms with Gasteiger partial charge in [0, 0.05) is 5.39 Å². The number of hydrogen-bond acceptors (Lipinski definition) is 4. The van der Waals surface area contributed by atoms with Crippen molar-refractivity contribution in [2.24, 2.45) is 0 Å². The molecule has 0 fully saturated rings. The van der Waals surface area contributed by atoms with Crippen molar-refractivity contribution in [3.05, 3.63) is 82.7 Å². The monoisotopic (exact) mass is 318 g/mol. The summed E-state index contributed by atoms with van der Waals surface area (Å²) in [6.07, 6.45) is 0. The van der Waals surface area contributed by atoms with Crippen LogP contribution in [-0.4, -0.2) is 5.11 Å². The summed E-state index contributed by atoms with van der Waals surface area (Å²) in [6, 6.07) is 20.2. The van der Waals surface area contributed by atoms with E-state index < -0.39 is 5.63 Å². The SMILES string of the molecule is O=c1cc(O)c2cc3cccc(OCc4ccccc4)c3cc2o1. The molecule has 0 spiro atoms. The van der Waals surface area contributed by atoms with E-state index in [0.717, 1.165) is 22.4 Å². The van der Waals surface area contributed by atoms with Gasteiger partial charge in [-0.2, -0.15) is 0 Å². The summed E-state index contributed by atoms with van der Waals surface area (Å²) in [5, 5.41) is 12.2. The Hall–Kier alpha value is -3.27. The number of rotatable bonds is 3.